The van der Waals surface area contributed by atoms with Crippen LogP contribution in [0.25, 0.3) is 10.9 Å². The molecule has 2 aliphatic rings. The highest BCUT2D eigenvalue weighted by Crippen LogP contribution is 2.44. The lowest BCUT2D eigenvalue weighted by atomic mass is 9.88. The van der Waals surface area contributed by atoms with Gasteiger partial charge in [-0.05, 0) is 85.4 Å². The molecule has 3 aromatic rings. The Morgan fingerprint density at radius 3 is 2.00 bits per heavy atom. The Morgan fingerprint density at radius 2 is 1.44 bits per heavy atom. The van der Waals surface area contributed by atoms with Crippen molar-refractivity contribution in [2.75, 3.05) is 4.90 Å². The summed E-state index contributed by atoms with van der Waals surface area (Å²) in [6.45, 7) is 7.39. The Labute approximate surface area is 212 Å². The third kappa shape index (κ3) is 4.95. The molecule has 1 saturated carbocycles. The van der Waals surface area contributed by atoms with Gasteiger partial charge in [0.15, 0.2) is 0 Å². The quantitative estimate of drug-likeness (QED) is 0.278. The Kier molecular flexibility index (Phi) is 6.69. The zero-order valence-electron chi connectivity index (χ0n) is 20.1. The van der Waals surface area contributed by atoms with Gasteiger partial charge in [0.1, 0.15) is 11.4 Å². The van der Waals surface area contributed by atoms with Gasteiger partial charge in [-0.25, -0.2) is 10.1 Å². The molecule has 3 aromatic carbocycles. The normalized spacial score (nSPS) is 17.7. The molecule has 0 atom stereocenters. The molecule has 0 radical (unpaired) electrons. The van der Waals surface area contributed by atoms with Gasteiger partial charge in [-0.2, -0.15) is 0 Å². The van der Waals surface area contributed by atoms with Crippen LogP contribution in [0.5, 0.6) is 0 Å². The van der Waals surface area contributed by atoms with Crippen molar-refractivity contribution in [3.05, 3.63) is 131 Å². The number of anilines is 3. The first-order valence-corrected chi connectivity index (χ1v) is 12.3. The molecule has 1 aliphatic carbocycles. The van der Waals surface area contributed by atoms with E-state index in [-0.39, 0.29) is 11.3 Å². The second-order valence-corrected chi connectivity index (χ2v) is 9.24. The summed E-state index contributed by atoms with van der Waals surface area (Å²) in [7, 11) is 0. The minimum Gasteiger partial charge on any atom is -0.487 e. The summed E-state index contributed by atoms with van der Waals surface area (Å²) in [5.74, 6) is 0.717. The Bertz CT molecular complexity index is 1330. The zero-order valence-corrected chi connectivity index (χ0v) is 20.1. The lowest BCUT2D eigenvalue weighted by Crippen LogP contribution is -2.31. The summed E-state index contributed by atoms with van der Waals surface area (Å²) < 4.78 is 6.42. The number of allylic oxidation sites excluding steroid dienone is 3. The van der Waals surface area contributed by atoms with E-state index < -0.39 is 0 Å². The zero-order chi connectivity index (χ0) is 24.8. The van der Waals surface area contributed by atoms with E-state index in [9.17, 15) is 5.26 Å². The summed E-state index contributed by atoms with van der Waals surface area (Å²) >= 11 is 0. The third-order valence-electron chi connectivity index (χ3n) is 6.82. The van der Waals surface area contributed by atoms with Crippen LogP contribution >= 0.6 is 0 Å². The van der Waals surface area contributed by atoms with E-state index in [0.29, 0.717) is 12.2 Å². The molecule has 0 aromatic heterocycles. The molecule has 0 bridgehead atoms. The first-order valence-electron chi connectivity index (χ1n) is 12.3. The minimum absolute atomic E-state index is 0.168. The van der Waals surface area contributed by atoms with Crippen molar-refractivity contribution < 1.29 is 4.74 Å². The molecule has 36 heavy (non-hydrogen) atoms. The molecule has 4 nitrogen and oxygen atoms in total. The first-order chi connectivity index (χ1) is 17.7. The van der Waals surface area contributed by atoms with Gasteiger partial charge in [0, 0.05) is 23.5 Å². The molecule has 5 rings (SSSR count). The van der Waals surface area contributed by atoms with Crippen molar-refractivity contribution >= 4 is 23.1 Å². The molecule has 1 aliphatic heterocycles. The lowest BCUT2D eigenvalue weighted by Gasteiger charge is -2.35. The van der Waals surface area contributed by atoms with Crippen LogP contribution in [-0.4, -0.2) is 5.60 Å². The van der Waals surface area contributed by atoms with Crippen LogP contribution in [0.4, 0.5) is 17.1 Å². The van der Waals surface area contributed by atoms with Crippen molar-refractivity contribution in [1.29, 1.82) is 5.26 Å². The fourth-order valence-corrected chi connectivity index (χ4v) is 5.10. The van der Waals surface area contributed by atoms with Crippen LogP contribution in [-0.2, 0) is 4.74 Å². The highest BCUT2D eigenvalue weighted by atomic mass is 16.5. The summed E-state index contributed by atoms with van der Waals surface area (Å²) in [4.78, 5) is 5.68. The molecule has 0 amide bonds. The molecule has 0 saturated heterocycles. The molecule has 0 N–H and O–H groups in total. The van der Waals surface area contributed by atoms with Crippen LogP contribution in [0.3, 0.4) is 0 Å². The van der Waals surface area contributed by atoms with Gasteiger partial charge >= 0.3 is 0 Å². The van der Waals surface area contributed by atoms with Crippen molar-refractivity contribution in [2.45, 2.75) is 37.7 Å². The number of nitrogens with zero attached hydrogens (tertiary/aromatic N) is 3. The molecule has 0 unspecified atom stereocenters. The van der Waals surface area contributed by atoms with Crippen LogP contribution in [0, 0.1) is 17.9 Å². The van der Waals surface area contributed by atoms with Gasteiger partial charge in [-0.1, -0.05) is 54.6 Å². The molecule has 1 heterocycles. The predicted octanol–water partition coefficient (Wildman–Crippen LogP) is 8.48. The van der Waals surface area contributed by atoms with E-state index in [2.05, 4.69) is 64.3 Å². The molecular formula is C32H27N3O. The molecule has 1 fully saturated rings. The summed E-state index contributed by atoms with van der Waals surface area (Å²) in [6.07, 6.45) is 10.6. The van der Waals surface area contributed by atoms with Gasteiger partial charge in [-0.3, -0.25) is 0 Å². The van der Waals surface area contributed by atoms with Crippen molar-refractivity contribution in [1.82, 2.24) is 0 Å². The highest BCUT2D eigenvalue weighted by molar-refractivity contribution is 5.77. The number of hydrogen-bond acceptors (Lipinski definition) is 3. The number of benzene rings is 3. The van der Waals surface area contributed by atoms with Crippen molar-refractivity contribution in [3.63, 3.8) is 0 Å². The lowest BCUT2D eigenvalue weighted by molar-refractivity contribution is 0.00776. The van der Waals surface area contributed by atoms with Crippen LogP contribution < -0.4 is 4.90 Å². The smallest absolute Gasteiger partial charge is 0.265 e. The number of ether oxygens (including phenoxy) is 1. The SMILES string of the molecule is [C-]#[N+]C(C#N)=C1C=C(C=Cc2ccc(N(c3ccccc3)c3ccccc3)cc2)OC2(CCCC2)C1. The van der Waals surface area contributed by atoms with Crippen LogP contribution in [0.1, 0.15) is 37.7 Å². The van der Waals surface area contributed by atoms with E-state index in [4.69, 9.17) is 11.3 Å². The second kappa shape index (κ2) is 10.4. The number of para-hydroxylation sites is 2. The fourth-order valence-electron chi connectivity index (χ4n) is 5.10. The summed E-state index contributed by atoms with van der Waals surface area (Å²) in [6, 6.07) is 31.2. The van der Waals surface area contributed by atoms with Crippen molar-refractivity contribution in [3.8, 4) is 6.07 Å². The molecular weight excluding hydrogens is 442 g/mol. The highest BCUT2D eigenvalue weighted by Gasteiger charge is 2.39. The average Bonchev–Trinajstić information content (AvgIpc) is 3.37. The van der Waals surface area contributed by atoms with Gasteiger partial charge in [0.25, 0.3) is 5.70 Å². The largest absolute Gasteiger partial charge is 0.487 e. The number of rotatable bonds is 5. The summed E-state index contributed by atoms with van der Waals surface area (Å²) in [5.41, 5.74) is 4.99. The van der Waals surface area contributed by atoms with E-state index in [1.807, 2.05) is 54.6 Å². The molecule has 4 heteroatoms. The standard InChI is InChI=1S/C32H27N3O/c1-34-31(24-33)26-22-30(36-32(23-26)20-8-9-21-32)19-16-25-14-17-29(18-15-25)35(27-10-4-2-5-11-27)28-12-6-3-7-13-28/h2-7,10-19,22H,8-9,20-21,23H2. The first kappa shape index (κ1) is 23.2. The number of nitriles is 1. The monoisotopic (exact) mass is 469 g/mol. The van der Waals surface area contributed by atoms with Gasteiger partial charge in [0.05, 0.1) is 12.6 Å². The topological polar surface area (TPSA) is 40.6 Å². The maximum absolute atomic E-state index is 9.43. The van der Waals surface area contributed by atoms with Gasteiger partial charge < -0.3 is 9.64 Å². The van der Waals surface area contributed by atoms with E-state index >= 15 is 0 Å². The maximum Gasteiger partial charge on any atom is 0.265 e. The van der Waals surface area contributed by atoms with Gasteiger partial charge in [0.2, 0.25) is 0 Å². The molecule has 1 spiro atoms. The van der Waals surface area contributed by atoms with E-state index in [0.717, 1.165) is 53.9 Å². The Morgan fingerprint density at radius 1 is 0.861 bits per heavy atom. The van der Waals surface area contributed by atoms with Crippen LogP contribution in [0.15, 0.2) is 114 Å². The Hall–Kier alpha value is -4.54. The van der Waals surface area contributed by atoms with Gasteiger partial charge in [-0.15, -0.1) is 0 Å². The predicted molar refractivity (Wildman–Crippen MR) is 144 cm³/mol. The Balaban J connectivity index is 1.42. The maximum atomic E-state index is 9.43. The summed E-state index contributed by atoms with van der Waals surface area (Å²) in [5, 5.41) is 9.43. The molecule has 176 valence electrons. The third-order valence-corrected chi connectivity index (χ3v) is 6.82. The fraction of sp³-hybridized carbons (Fsp3) is 0.188. The minimum atomic E-state index is -0.285. The van der Waals surface area contributed by atoms with Crippen molar-refractivity contribution in [2.24, 2.45) is 0 Å². The van der Waals surface area contributed by atoms with E-state index in [1.165, 1.54) is 0 Å². The van der Waals surface area contributed by atoms with E-state index in [1.54, 1.807) is 0 Å². The average molecular weight is 470 g/mol. The number of hydrogen-bond donors (Lipinski definition) is 0. The second-order valence-electron chi connectivity index (χ2n) is 9.24. The van der Waals surface area contributed by atoms with Crippen LogP contribution in [0.2, 0.25) is 0 Å².